The number of aromatic nitrogens is 2. The Labute approximate surface area is 165 Å². The molecule has 6 nitrogen and oxygen atoms in total. The van der Waals surface area contributed by atoms with Crippen LogP contribution < -0.4 is 5.32 Å². The number of rotatable bonds is 5. The van der Waals surface area contributed by atoms with Crippen LogP contribution in [-0.2, 0) is 11.8 Å². The predicted octanol–water partition coefficient (Wildman–Crippen LogP) is 2.15. The molecule has 0 bridgehead atoms. The number of aryl methyl sites for hydroxylation is 1. The van der Waals surface area contributed by atoms with E-state index in [1.165, 1.54) is 12.1 Å². The second kappa shape index (κ2) is 9.30. The van der Waals surface area contributed by atoms with Gasteiger partial charge in [0.25, 0.3) is 0 Å². The Bertz CT molecular complexity index is 751. The van der Waals surface area contributed by atoms with Gasteiger partial charge in [-0.15, -0.1) is 12.4 Å². The van der Waals surface area contributed by atoms with Gasteiger partial charge in [0.1, 0.15) is 11.6 Å². The molecule has 0 saturated carbocycles. The molecular formula is C19H27ClFN5O. The Kier molecular flexibility index (Phi) is 7.35. The fraction of sp³-hybridized carbons (Fsp3) is 0.474. The third kappa shape index (κ3) is 4.86. The average Bonchev–Trinajstić information content (AvgIpc) is 3.07. The van der Waals surface area contributed by atoms with Crippen LogP contribution in [0.2, 0.25) is 0 Å². The fourth-order valence-electron chi connectivity index (χ4n) is 3.35. The maximum atomic E-state index is 13.1. The molecule has 0 aliphatic carbocycles. The van der Waals surface area contributed by atoms with E-state index in [1.807, 2.05) is 24.7 Å². The van der Waals surface area contributed by atoms with E-state index in [0.29, 0.717) is 6.54 Å². The molecule has 1 aromatic heterocycles. The summed E-state index contributed by atoms with van der Waals surface area (Å²) in [6.45, 7) is 4.71. The summed E-state index contributed by atoms with van der Waals surface area (Å²) in [5.74, 6) is 0.732. The quantitative estimate of drug-likeness (QED) is 0.842. The number of hydrogen-bond acceptors (Lipinski definition) is 4. The molecule has 1 amide bonds. The van der Waals surface area contributed by atoms with Crippen molar-refractivity contribution in [1.82, 2.24) is 24.7 Å². The summed E-state index contributed by atoms with van der Waals surface area (Å²) in [6.07, 6.45) is 3.71. The van der Waals surface area contributed by atoms with E-state index in [4.69, 9.17) is 0 Å². The van der Waals surface area contributed by atoms with Crippen LogP contribution in [0.5, 0.6) is 0 Å². The van der Waals surface area contributed by atoms with Crippen LogP contribution in [0.15, 0.2) is 36.7 Å². The van der Waals surface area contributed by atoms with Gasteiger partial charge in [-0.05, 0) is 24.6 Å². The van der Waals surface area contributed by atoms with Crippen LogP contribution in [-0.4, -0.2) is 58.5 Å². The highest BCUT2D eigenvalue weighted by Gasteiger charge is 2.29. The molecule has 1 aromatic carbocycles. The highest BCUT2D eigenvalue weighted by molar-refractivity contribution is 5.85. The molecule has 1 fully saturated rings. The maximum absolute atomic E-state index is 13.1. The molecule has 27 heavy (non-hydrogen) atoms. The number of carbonyl (C=O) groups excluding carboxylic acids is 1. The molecule has 2 aromatic rings. The highest BCUT2D eigenvalue weighted by Crippen LogP contribution is 2.23. The number of nitrogens with zero attached hydrogens (tertiary/aromatic N) is 4. The van der Waals surface area contributed by atoms with Crippen LogP contribution in [0.3, 0.4) is 0 Å². The van der Waals surface area contributed by atoms with E-state index >= 15 is 0 Å². The predicted molar refractivity (Wildman–Crippen MR) is 105 cm³/mol. The van der Waals surface area contributed by atoms with Crippen LogP contribution in [0.1, 0.15) is 30.4 Å². The standard InChI is InChI=1S/C19H26FN5O.ClH/c1-14(15-4-6-16(20)7-5-15)24(3)18(26)13-25-11-8-21-12-17(25)19-22-9-10-23(19)2;/h4-7,9-10,14,17,21H,8,11-13H2,1-3H3;1H. The zero-order valence-electron chi connectivity index (χ0n) is 15.9. The molecule has 2 unspecified atom stereocenters. The van der Waals surface area contributed by atoms with Crippen LogP contribution in [0, 0.1) is 5.82 Å². The van der Waals surface area contributed by atoms with E-state index in [1.54, 1.807) is 30.3 Å². The van der Waals surface area contributed by atoms with Crippen molar-refractivity contribution in [3.63, 3.8) is 0 Å². The summed E-state index contributed by atoms with van der Waals surface area (Å²) in [7, 11) is 3.77. The van der Waals surface area contributed by atoms with Crippen molar-refractivity contribution in [2.75, 3.05) is 33.2 Å². The lowest BCUT2D eigenvalue weighted by Crippen LogP contribution is -2.50. The second-order valence-electron chi connectivity index (χ2n) is 6.82. The highest BCUT2D eigenvalue weighted by atomic mass is 35.5. The number of hydrogen-bond donors (Lipinski definition) is 1. The first-order valence-corrected chi connectivity index (χ1v) is 8.90. The molecule has 0 spiro atoms. The summed E-state index contributed by atoms with van der Waals surface area (Å²) < 4.78 is 15.1. The van der Waals surface area contributed by atoms with Gasteiger partial charge in [0, 0.05) is 46.1 Å². The molecule has 2 atom stereocenters. The molecule has 0 radical (unpaired) electrons. The first-order valence-electron chi connectivity index (χ1n) is 8.90. The number of nitrogens with one attached hydrogen (secondary N) is 1. The van der Waals surface area contributed by atoms with E-state index in [-0.39, 0.29) is 36.2 Å². The Morgan fingerprint density at radius 2 is 2.11 bits per heavy atom. The minimum Gasteiger partial charge on any atom is -0.338 e. The number of likely N-dealkylation sites (N-methyl/N-ethyl adjacent to an activating group) is 1. The molecule has 8 heteroatoms. The van der Waals surface area contributed by atoms with Gasteiger partial charge in [0.15, 0.2) is 0 Å². The minimum absolute atomic E-state index is 0. The van der Waals surface area contributed by atoms with E-state index in [2.05, 4.69) is 15.2 Å². The summed E-state index contributed by atoms with van der Waals surface area (Å²) in [5.41, 5.74) is 0.920. The Balaban J connectivity index is 0.00000261. The van der Waals surface area contributed by atoms with Crippen molar-refractivity contribution in [1.29, 1.82) is 0 Å². The third-order valence-electron chi connectivity index (χ3n) is 5.18. The first kappa shape index (κ1) is 21.3. The monoisotopic (exact) mass is 395 g/mol. The van der Waals surface area contributed by atoms with Gasteiger partial charge < -0.3 is 14.8 Å². The largest absolute Gasteiger partial charge is 0.338 e. The number of imidazole rings is 1. The number of piperazine rings is 1. The summed E-state index contributed by atoms with van der Waals surface area (Å²) in [5, 5.41) is 3.38. The molecule has 1 saturated heterocycles. The number of halogens is 2. The number of carbonyl (C=O) groups is 1. The van der Waals surface area contributed by atoms with Gasteiger partial charge in [-0.25, -0.2) is 9.37 Å². The SMILES string of the molecule is CC(c1ccc(F)cc1)N(C)C(=O)CN1CCNCC1c1nccn1C.Cl. The molecule has 1 N–H and O–H groups in total. The summed E-state index contributed by atoms with van der Waals surface area (Å²) in [6, 6.07) is 6.27. The first-order chi connectivity index (χ1) is 12.5. The molecule has 148 valence electrons. The lowest BCUT2D eigenvalue weighted by Gasteiger charge is -2.36. The zero-order chi connectivity index (χ0) is 18.7. The van der Waals surface area contributed by atoms with Crippen molar-refractivity contribution in [3.8, 4) is 0 Å². The van der Waals surface area contributed by atoms with Gasteiger partial charge in [0.2, 0.25) is 5.91 Å². The van der Waals surface area contributed by atoms with Crippen LogP contribution in [0.4, 0.5) is 4.39 Å². The van der Waals surface area contributed by atoms with Crippen molar-refractivity contribution < 1.29 is 9.18 Å². The Morgan fingerprint density at radius 3 is 2.74 bits per heavy atom. The topological polar surface area (TPSA) is 53.4 Å². The molecule has 3 rings (SSSR count). The van der Waals surface area contributed by atoms with Gasteiger partial charge in [-0.1, -0.05) is 12.1 Å². The van der Waals surface area contributed by atoms with Gasteiger partial charge in [0.05, 0.1) is 18.6 Å². The van der Waals surface area contributed by atoms with Gasteiger partial charge in [-0.3, -0.25) is 9.69 Å². The van der Waals surface area contributed by atoms with Crippen molar-refractivity contribution in [2.24, 2.45) is 7.05 Å². The maximum Gasteiger partial charge on any atom is 0.237 e. The van der Waals surface area contributed by atoms with Gasteiger partial charge >= 0.3 is 0 Å². The smallest absolute Gasteiger partial charge is 0.237 e. The normalized spacial score (nSPS) is 18.6. The fourth-order valence-corrected chi connectivity index (χ4v) is 3.35. The van der Waals surface area contributed by atoms with E-state index < -0.39 is 0 Å². The molecular weight excluding hydrogens is 369 g/mol. The number of amides is 1. The zero-order valence-corrected chi connectivity index (χ0v) is 16.7. The Morgan fingerprint density at radius 1 is 1.41 bits per heavy atom. The van der Waals surface area contributed by atoms with E-state index in [0.717, 1.165) is 31.0 Å². The molecule has 1 aliphatic rings. The third-order valence-corrected chi connectivity index (χ3v) is 5.18. The van der Waals surface area contributed by atoms with Crippen molar-refractivity contribution >= 4 is 18.3 Å². The minimum atomic E-state index is -0.270. The second-order valence-corrected chi connectivity index (χ2v) is 6.82. The summed E-state index contributed by atoms with van der Waals surface area (Å²) in [4.78, 5) is 21.2. The van der Waals surface area contributed by atoms with Crippen LogP contribution >= 0.6 is 12.4 Å². The lowest BCUT2D eigenvalue weighted by molar-refractivity contribution is -0.134. The average molecular weight is 396 g/mol. The van der Waals surface area contributed by atoms with Crippen LogP contribution in [0.25, 0.3) is 0 Å². The van der Waals surface area contributed by atoms with Crippen molar-refractivity contribution in [3.05, 3.63) is 53.9 Å². The number of benzene rings is 1. The summed E-state index contributed by atoms with van der Waals surface area (Å²) >= 11 is 0. The van der Waals surface area contributed by atoms with E-state index in [9.17, 15) is 9.18 Å². The van der Waals surface area contributed by atoms with Crippen molar-refractivity contribution in [2.45, 2.75) is 19.0 Å². The molecule has 2 heterocycles. The van der Waals surface area contributed by atoms with Gasteiger partial charge in [-0.2, -0.15) is 0 Å². The Hall–Kier alpha value is -1.96. The molecule has 1 aliphatic heterocycles. The lowest BCUT2D eigenvalue weighted by atomic mass is 10.1.